The Labute approximate surface area is 204 Å². The molecule has 2 aromatic carbocycles. The van der Waals surface area contributed by atoms with Crippen LogP contribution in [0.15, 0.2) is 65.0 Å². The molecule has 0 aliphatic heterocycles. The van der Waals surface area contributed by atoms with Crippen molar-refractivity contribution in [1.82, 2.24) is 14.6 Å². The number of fused-ring (bicyclic) bond motifs is 1. The van der Waals surface area contributed by atoms with Gasteiger partial charge in [-0.1, -0.05) is 42.5 Å². The van der Waals surface area contributed by atoms with Crippen LogP contribution < -0.4 is 20.3 Å². The van der Waals surface area contributed by atoms with Gasteiger partial charge in [0.15, 0.2) is 11.5 Å². The third kappa shape index (κ3) is 5.54. The Kier molecular flexibility index (Phi) is 7.18. The van der Waals surface area contributed by atoms with E-state index >= 15 is 0 Å². The number of para-hydroxylation sites is 1. The van der Waals surface area contributed by atoms with E-state index in [9.17, 15) is 14.9 Å². The molecule has 0 radical (unpaired) electrons. The second-order valence-corrected chi connectivity index (χ2v) is 8.36. The first-order chi connectivity index (χ1) is 17.0. The first-order valence-electron chi connectivity index (χ1n) is 10.7. The van der Waals surface area contributed by atoms with Crippen LogP contribution in [-0.2, 0) is 17.8 Å². The minimum absolute atomic E-state index is 0.0551. The molecule has 35 heavy (non-hydrogen) atoms. The molecule has 1 amide bonds. The van der Waals surface area contributed by atoms with Crippen molar-refractivity contribution in [3.63, 3.8) is 0 Å². The molecule has 2 heterocycles. The number of nitrogens with zero attached hydrogens (tertiary/aromatic N) is 4. The average molecular weight is 488 g/mol. The van der Waals surface area contributed by atoms with Crippen LogP contribution in [-0.4, -0.2) is 27.6 Å². The quantitative estimate of drug-likeness (QED) is 0.296. The summed E-state index contributed by atoms with van der Waals surface area (Å²) < 4.78 is 12.6. The van der Waals surface area contributed by atoms with Crippen LogP contribution in [0.2, 0.25) is 0 Å². The molecule has 4 aromatic rings. The highest BCUT2D eigenvalue weighted by atomic mass is 32.1. The van der Waals surface area contributed by atoms with Crippen molar-refractivity contribution >= 4 is 34.0 Å². The number of anilines is 1. The van der Waals surface area contributed by atoms with Gasteiger partial charge in [0.2, 0.25) is 4.96 Å². The molecule has 1 N–H and O–H groups in total. The van der Waals surface area contributed by atoms with E-state index in [-0.39, 0.29) is 17.7 Å². The lowest BCUT2D eigenvalue weighted by Gasteiger charge is -2.11. The number of amides is 1. The minimum Gasteiger partial charge on any atom is -0.493 e. The molecular formula is C25H21N5O4S. The van der Waals surface area contributed by atoms with E-state index in [0.717, 1.165) is 11.4 Å². The fourth-order valence-electron chi connectivity index (χ4n) is 3.19. The van der Waals surface area contributed by atoms with Gasteiger partial charge in [-0.2, -0.15) is 14.9 Å². The van der Waals surface area contributed by atoms with Crippen molar-refractivity contribution in [2.24, 2.45) is 0 Å². The van der Waals surface area contributed by atoms with E-state index in [4.69, 9.17) is 9.47 Å². The van der Waals surface area contributed by atoms with Crippen LogP contribution in [0.4, 0.5) is 5.69 Å². The summed E-state index contributed by atoms with van der Waals surface area (Å²) in [6, 6.07) is 17.2. The lowest BCUT2D eigenvalue weighted by atomic mass is 10.1. The number of rotatable bonds is 8. The first kappa shape index (κ1) is 23.7. The van der Waals surface area contributed by atoms with E-state index in [1.165, 1.54) is 35.1 Å². The zero-order valence-corrected chi connectivity index (χ0v) is 19.8. The highest BCUT2D eigenvalue weighted by Crippen LogP contribution is 2.29. The number of hydrogen-bond donors (Lipinski definition) is 1. The number of carbonyl (C=O) groups is 1. The van der Waals surface area contributed by atoms with Gasteiger partial charge in [0.05, 0.1) is 12.8 Å². The predicted octanol–water partition coefficient (Wildman–Crippen LogP) is 3.85. The molecular weight excluding hydrogens is 466 g/mol. The lowest BCUT2D eigenvalue weighted by Crippen LogP contribution is -2.16. The molecule has 2 aromatic heterocycles. The van der Waals surface area contributed by atoms with Crippen LogP contribution >= 0.6 is 11.3 Å². The molecule has 0 bridgehead atoms. The maximum atomic E-state index is 12.5. The van der Waals surface area contributed by atoms with E-state index < -0.39 is 5.91 Å². The Morgan fingerprint density at radius 1 is 1.20 bits per heavy atom. The number of aromatic nitrogens is 3. The highest BCUT2D eigenvalue weighted by molar-refractivity contribution is 7.16. The molecule has 0 spiro atoms. The van der Waals surface area contributed by atoms with Gasteiger partial charge in [-0.3, -0.25) is 9.59 Å². The number of hydrogen-bond acceptors (Lipinski definition) is 8. The van der Waals surface area contributed by atoms with Gasteiger partial charge in [-0.05, 0) is 42.3 Å². The molecule has 0 saturated heterocycles. The SMILES string of the molecule is CCc1nn2c(=O)cc(COc3ccc(C=C(C#N)C(=O)Nc4ccccc4)cc3OC)nc2s1. The van der Waals surface area contributed by atoms with E-state index in [0.29, 0.717) is 33.4 Å². The predicted molar refractivity (Wildman–Crippen MR) is 132 cm³/mol. The Morgan fingerprint density at radius 3 is 2.71 bits per heavy atom. The standard InChI is InChI=1S/C25H21N5O4S/c1-3-22-29-30-23(31)13-19(28-25(30)35-22)15-34-20-10-9-16(12-21(20)33-2)11-17(14-26)24(32)27-18-7-5-4-6-8-18/h4-13H,3,15H2,1-2H3,(H,27,32). The van der Waals surface area contributed by atoms with Gasteiger partial charge in [-0.25, -0.2) is 4.98 Å². The summed E-state index contributed by atoms with van der Waals surface area (Å²) in [5.74, 6) is 0.320. The van der Waals surface area contributed by atoms with Crippen molar-refractivity contribution < 1.29 is 14.3 Å². The number of methoxy groups -OCH3 is 1. The van der Waals surface area contributed by atoms with Gasteiger partial charge in [-0.15, -0.1) is 0 Å². The Balaban J connectivity index is 1.51. The molecule has 0 unspecified atom stereocenters. The fraction of sp³-hybridized carbons (Fsp3) is 0.160. The average Bonchev–Trinajstić information content (AvgIpc) is 3.31. The summed E-state index contributed by atoms with van der Waals surface area (Å²) in [6.07, 6.45) is 2.19. The summed E-state index contributed by atoms with van der Waals surface area (Å²) >= 11 is 1.36. The van der Waals surface area contributed by atoms with Crippen LogP contribution in [0.1, 0.15) is 23.2 Å². The largest absolute Gasteiger partial charge is 0.493 e. The van der Waals surface area contributed by atoms with Crippen molar-refractivity contribution in [2.45, 2.75) is 20.0 Å². The number of carbonyl (C=O) groups excluding carboxylic acids is 1. The third-order valence-corrected chi connectivity index (χ3v) is 5.97. The van der Waals surface area contributed by atoms with Crippen molar-refractivity contribution in [3.8, 4) is 17.6 Å². The Morgan fingerprint density at radius 2 is 2.00 bits per heavy atom. The van der Waals surface area contributed by atoms with Crippen molar-refractivity contribution in [1.29, 1.82) is 5.26 Å². The lowest BCUT2D eigenvalue weighted by molar-refractivity contribution is -0.112. The minimum atomic E-state index is -0.514. The summed E-state index contributed by atoms with van der Waals surface area (Å²) in [5, 5.41) is 17.2. The molecule has 176 valence electrons. The van der Waals surface area contributed by atoms with Crippen LogP contribution in [0.3, 0.4) is 0 Å². The molecule has 0 aliphatic rings. The monoisotopic (exact) mass is 487 g/mol. The number of benzene rings is 2. The first-order valence-corrected chi connectivity index (χ1v) is 11.5. The number of ether oxygens (including phenoxy) is 2. The summed E-state index contributed by atoms with van der Waals surface area (Å²) in [7, 11) is 1.49. The maximum absolute atomic E-state index is 12.5. The summed E-state index contributed by atoms with van der Waals surface area (Å²) in [6.45, 7) is 2.02. The Bertz CT molecular complexity index is 1500. The van der Waals surface area contributed by atoms with Gasteiger partial charge in [0.1, 0.15) is 23.3 Å². The van der Waals surface area contributed by atoms with Gasteiger partial charge in [0, 0.05) is 11.8 Å². The second-order valence-electron chi connectivity index (χ2n) is 7.32. The second kappa shape index (κ2) is 10.6. The molecule has 0 aliphatic carbocycles. The summed E-state index contributed by atoms with van der Waals surface area (Å²) in [5.41, 5.74) is 1.32. The zero-order chi connectivity index (χ0) is 24.8. The third-order valence-electron chi connectivity index (χ3n) is 4.91. The van der Waals surface area contributed by atoms with Gasteiger partial charge >= 0.3 is 0 Å². The number of nitriles is 1. The topological polar surface area (TPSA) is 119 Å². The molecule has 10 heteroatoms. The van der Waals surface area contributed by atoms with Gasteiger partial charge in [0.25, 0.3) is 11.5 Å². The molecule has 4 rings (SSSR count). The van der Waals surface area contributed by atoms with Crippen LogP contribution in [0.5, 0.6) is 11.5 Å². The van der Waals surface area contributed by atoms with Crippen LogP contribution in [0, 0.1) is 11.3 Å². The smallest absolute Gasteiger partial charge is 0.275 e. The molecule has 0 saturated carbocycles. The molecule has 0 atom stereocenters. The van der Waals surface area contributed by atoms with E-state index in [2.05, 4.69) is 15.4 Å². The highest BCUT2D eigenvalue weighted by Gasteiger charge is 2.13. The molecule has 0 fully saturated rings. The van der Waals surface area contributed by atoms with Crippen molar-refractivity contribution in [2.75, 3.05) is 12.4 Å². The van der Waals surface area contributed by atoms with Crippen molar-refractivity contribution in [3.05, 3.63) is 86.8 Å². The van der Waals surface area contributed by atoms with Gasteiger partial charge < -0.3 is 14.8 Å². The Hall–Kier alpha value is -4.49. The van der Waals surface area contributed by atoms with E-state index in [1.807, 2.05) is 19.1 Å². The van der Waals surface area contributed by atoms with Crippen LogP contribution in [0.25, 0.3) is 11.0 Å². The molecule has 9 nitrogen and oxygen atoms in total. The summed E-state index contributed by atoms with van der Waals surface area (Å²) in [4.78, 5) is 29.8. The number of nitrogens with one attached hydrogen (secondary N) is 1. The fourth-order valence-corrected chi connectivity index (χ4v) is 4.05. The van der Waals surface area contributed by atoms with E-state index in [1.54, 1.807) is 42.5 Å². The zero-order valence-electron chi connectivity index (χ0n) is 19.0. The number of aryl methyl sites for hydroxylation is 1. The maximum Gasteiger partial charge on any atom is 0.275 e. The normalized spacial score (nSPS) is 11.2.